The average Bonchev–Trinajstić information content (AvgIpc) is 3.10. The Labute approximate surface area is 169 Å². The Kier molecular flexibility index (Phi) is 5.13. The van der Waals surface area contributed by atoms with E-state index in [9.17, 15) is 14.7 Å². The van der Waals surface area contributed by atoms with Gasteiger partial charge in [-0.1, -0.05) is 37.6 Å². The van der Waals surface area contributed by atoms with Crippen molar-refractivity contribution in [1.29, 1.82) is 0 Å². The minimum atomic E-state index is -0.549. The lowest BCUT2D eigenvalue weighted by molar-refractivity contribution is 0.0928. The number of hydrogen-bond acceptors (Lipinski definition) is 4. The maximum Gasteiger partial charge on any atom is 0.267 e. The van der Waals surface area contributed by atoms with E-state index in [2.05, 4.69) is 16.5 Å². The summed E-state index contributed by atoms with van der Waals surface area (Å²) in [6.07, 6.45) is 6.16. The molecule has 1 aromatic carbocycles. The van der Waals surface area contributed by atoms with Crippen molar-refractivity contribution in [2.45, 2.75) is 51.6 Å². The van der Waals surface area contributed by atoms with Gasteiger partial charge in [0.2, 0.25) is 0 Å². The number of unbranched alkanes of at least 4 members (excludes halogenated alkanes) is 1. The molecule has 1 amide bonds. The molecule has 0 bridgehead atoms. The zero-order valence-corrected chi connectivity index (χ0v) is 16.8. The Morgan fingerprint density at radius 1 is 1.34 bits per heavy atom. The standard InChI is InChI=1S/C22H26N4O3/c1-3-4-12-26-17-13-25(2)24-19(17)20(27)18(22(26)29)21(28)23-16-11-7-9-14-8-5-6-10-15(14)16/h5-6,8,10,13,16,27H,3-4,7,9,11-12H2,1-2H3,(H,23,28). The van der Waals surface area contributed by atoms with Gasteiger partial charge >= 0.3 is 0 Å². The van der Waals surface area contributed by atoms with Crippen molar-refractivity contribution < 1.29 is 9.90 Å². The summed E-state index contributed by atoms with van der Waals surface area (Å²) in [6.45, 7) is 2.52. The van der Waals surface area contributed by atoms with Crippen LogP contribution in [0.5, 0.6) is 5.75 Å². The number of nitrogens with zero attached hydrogens (tertiary/aromatic N) is 3. The summed E-state index contributed by atoms with van der Waals surface area (Å²) in [4.78, 5) is 26.3. The molecule has 0 spiro atoms. The molecule has 29 heavy (non-hydrogen) atoms. The lowest BCUT2D eigenvalue weighted by Crippen LogP contribution is -2.36. The number of aromatic nitrogens is 3. The van der Waals surface area contributed by atoms with Crippen LogP contribution in [-0.2, 0) is 20.0 Å². The van der Waals surface area contributed by atoms with Gasteiger partial charge in [-0.15, -0.1) is 0 Å². The number of amides is 1. The molecule has 1 aliphatic carbocycles. The lowest BCUT2D eigenvalue weighted by Gasteiger charge is -2.26. The number of aromatic hydroxyl groups is 1. The highest BCUT2D eigenvalue weighted by atomic mass is 16.3. The Morgan fingerprint density at radius 3 is 2.93 bits per heavy atom. The molecule has 1 atom stereocenters. The van der Waals surface area contributed by atoms with E-state index in [0.29, 0.717) is 12.1 Å². The smallest absolute Gasteiger partial charge is 0.267 e. The minimum Gasteiger partial charge on any atom is -0.505 e. The van der Waals surface area contributed by atoms with Crippen LogP contribution in [0.2, 0.25) is 0 Å². The van der Waals surface area contributed by atoms with Crippen LogP contribution in [0.15, 0.2) is 35.3 Å². The van der Waals surface area contributed by atoms with Crippen LogP contribution in [0.4, 0.5) is 0 Å². The summed E-state index contributed by atoms with van der Waals surface area (Å²) in [5.41, 5.74) is 2.42. The van der Waals surface area contributed by atoms with E-state index in [0.717, 1.165) is 37.7 Å². The molecule has 7 heteroatoms. The zero-order valence-electron chi connectivity index (χ0n) is 16.8. The summed E-state index contributed by atoms with van der Waals surface area (Å²) >= 11 is 0. The molecule has 152 valence electrons. The quantitative estimate of drug-likeness (QED) is 0.696. The van der Waals surface area contributed by atoms with Crippen molar-refractivity contribution in [3.8, 4) is 5.75 Å². The van der Waals surface area contributed by atoms with Crippen LogP contribution in [-0.4, -0.2) is 25.4 Å². The van der Waals surface area contributed by atoms with E-state index in [4.69, 9.17) is 0 Å². The van der Waals surface area contributed by atoms with Crippen LogP contribution in [0.1, 0.15) is 60.1 Å². The topological polar surface area (TPSA) is 89.2 Å². The second-order valence-electron chi connectivity index (χ2n) is 7.69. The fourth-order valence-corrected chi connectivity index (χ4v) is 4.18. The van der Waals surface area contributed by atoms with Gasteiger partial charge in [0.1, 0.15) is 5.56 Å². The van der Waals surface area contributed by atoms with E-state index in [1.54, 1.807) is 22.5 Å². The number of nitrogens with one attached hydrogen (secondary N) is 1. The Hall–Kier alpha value is -3.09. The van der Waals surface area contributed by atoms with Crippen molar-refractivity contribution in [3.63, 3.8) is 0 Å². The minimum absolute atomic E-state index is 0.172. The molecular weight excluding hydrogens is 368 g/mol. The second-order valence-corrected chi connectivity index (χ2v) is 7.69. The molecule has 1 unspecified atom stereocenters. The summed E-state index contributed by atoms with van der Waals surface area (Å²) in [5.74, 6) is -0.896. The monoisotopic (exact) mass is 394 g/mol. The molecular formula is C22H26N4O3. The van der Waals surface area contributed by atoms with Gasteiger partial charge < -0.3 is 15.0 Å². The van der Waals surface area contributed by atoms with E-state index in [1.807, 2.05) is 25.1 Å². The summed E-state index contributed by atoms with van der Waals surface area (Å²) in [6, 6.07) is 7.87. The molecule has 2 heterocycles. The third-order valence-electron chi connectivity index (χ3n) is 5.66. The molecule has 2 aromatic heterocycles. The molecule has 1 aliphatic rings. The molecule has 0 fully saturated rings. The van der Waals surface area contributed by atoms with Gasteiger partial charge in [-0.3, -0.25) is 14.3 Å². The van der Waals surface area contributed by atoms with Gasteiger partial charge in [-0.05, 0) is 36.8 Å². The number of rotatable bonds is 5. The van der Waals surface area contributed by atoms with E-state index in [1.165, 1.54) is 5.56 Å². The molecule has 0 radical (unpaired) electrons. The molecule has 0 aliphatic heterocycles. The normalized spacial score (nSPS) is 16.0. The maximum absolute atomic E-state index is 13.2. The lowest BCUT2D eigenvalue weighted by atomic mass is 9.87. The number of aryl methyl sites for hydroxylation is 3. The SMILES string of the molecule is CCCCn1c(=O)c(C(=O)NC2CCCc3ccccc32)c(O)c2nn(C)cc21. The van der Waals surface area contributed by atoms with Crippen LogP contribution in [0.25, 0.3) is 11.0 Å². The average molecular weight is 394 g/mol. The van der Waals surface area contributed by atoms with Gasteiger partial charge in [0, 0.05) is 19.8 Å². The first kappa shape index (κ1) is 19.2. The summed E-state index contributed by atoms with van der Waals surface area (Å²) in [7, 11) is 1.73. The zero-order chi connectivity index (χ0) is 20.5. The van der Waals surface area contributed by atoms with Crippen LogP contribution in [0, 0.1) is 0 Å². The predicted octanol–water partition coefficient (Wildman–Crippen LogP) is 3.05. The Balaban J connectivity index is 1.76. The van der Waals surface area contributed by atoms with Crippen LogP contribution >= 0.6 is 0 Å². The molecule has 2 N–H and O–H groups in total. The number of benzene rings is 1. The van der Waals surface area contributed by atoms with Gasteiger partial charge in [0.15, 0.2) is 11.3 Å². The van der Waals surface area contributed by atoms with Gasteiger partial charge in [0.25, 0.3) is 11.5 Å². The molecule has 0 saturated carbocycles. The number of carbonyl (C=O) groups excluding carboxylic acids is 1. The highest BCUT2D eigenvalue weighted by molar-refractivity contribution is 6.01. The van der Waals surface area contributed by atoms with Crippen molar-refractivity contribution >= 4 is 16.9 Å². The van der Waals surface area contributed by atoms with Crippen LogP contribution < -0.4 is 10.9 Å². The maximum atomic E-state index is 13.2. The molecule has 7 nitrogen and oxygen atoms in total. The fraction of sp³-hybridized carbons (Fsp3) is 0.409. The van der Waals surface area contributed by atoms with Crippen molar-refractivity contribution in [2.24, 2.45) is 7.05 Å². The highest BCUT2D eigenvalue weighted by Crippen LogP contribution is 2.31. The Bertz CT molecular complexity index is 1130. The third kappa shape index (κ3) is 3.41. The van der Waals surface area contributed by atoms with Gasteiger partial charge in [-0.2, -0.15) is 5.10 Å². The van der Waals surface area contributed by atoms with Gasteiger partial charge in [0.05, 0.1) is 11.6 Å². The van der Waals surface area contributed by atoms with Crippen molar-refractivity contribution in [2.75, 3.05) is 0 Å². The Morgan fingerprint density at radius 2 is 2.14 bits per heavy atom. The predicted molar refractivity (Wildman–Crippen MR) is 111 cm³/mol. The van der Waals surface area contributed by atoms with Crippen molar-refractivity contribution in [3.05, 3.63) is 57.5 Å². The molecule has 4 rings (SSSR count). The van der Waals surface area contributed by atoms with E-state index in [-0.39, 0.29) is 22.9 Å². The first-order chi connectivity index (χ1) is 14.0. The first-order valence-corrected chi connectivity index (χ1v) is 10.2. The second kappa shape index (κ2) is 7.73. The van der Waals surface area contributed by atoms with Gasteiger partial charge in [-0.25, -0.2) is 0 Å². The van der Waals surface area contributed by atoms with Crippen LogP contribution in [0.3, 0.4) is 0 Å². The number of carbonyl (C=O) groups is 1. The number of pyridine rings is 1. The largest absolute Gasteiger partial charge is 0.505 e. The molecule has 0 saturated heterocycles. The molecule has 3 aromatic rings. The summed E-state index contributed by atoms with van der Waals surface area (Å²) < 4.78 is 3.10. The van der Waals surface area contributed by atoms with E-state index >= 15 is 0 Å². The number of hydrogen-bond donors (Lipinski definition) is 2. The summed E-state index contributed by atoms with van der Waals surface area (Å²) in [5, 5.41) is 18.0. The first-order valence-electron chi connectivity index (χ1n) is 10.2. The van der Waals surface area contributed by atoms with E-state index < -0.39 is 11.5 Å². The highest BCUT2D eigenvalue weighted by Gasteiger charge is 2.27. The third-order valence-corrected chi connectivity index (χ3v) is 5.66. The fourth-order valence-electron chi connectivity index (χ4n) is 4.18. The number of fused-ring (bicyclic) bond motifs is 2. The van der Waals surface area contributed by atoms with Crippen molar-refractivity contribution in [1.82, 2.24) is 19.7 Å².